The third-order valence-electron chi connectivity index (χ3n) is 3.01. The van der Waals surface area contributed by atoms with Crippen molar-refractivity contribution in [3.8, 4) is 0 Å². The summed E-state index contributed by atoms with van der Waals surface area (Å²) < 4.78 is 13.8. The van der Waals surface area contributed by atoms with Crippen LogP contribution in [0.1, 0.15) is 22.8 Å². The Bertz CT molecular complexity index is 773. The van der Waals surface area contributed by atoms with E-state index in [1.54, 1.807) is 24.3 Å². The molecule has 0 atom stereocenters. The molecule has 0 saturated carbocycles. The van der Waals surface area contributed by atoms with E-state index in [0.717, 1.165) is 5.56 Å². The summed E-state index contributed by atoms with van der Waals surface area (Å²) in [4.78, 5) is 27.8. The molecule has 2 rings (SSSR count). The van der Waals surface area contributed by atoms with Crippen LogP contribution in [0.4, 0.5) is 15.8 Å². The van der Waals surface area contributed by atoms with Gasteiger partial charge in [0.25, 0.3) is 5.91 Å². The van der Waals surface area contributed by atoms with Gasteiger partial charge in [-0.2, -0.15) is 0 Å². The number of hydrogen-bond donors (Lipinski definition) is 2. The van der Waals surface area contributed by atoms with Crippen LogP contribution in [0.2, 0.25) is 0 Å². The van der Waals surface area contributed by atoms with Crippen molar-refractivity contribution >= 4 is 29.4 Å². The van der Waals surface area contributed by atoms with Crippen molar-refractivity contribution in [1.29, 1.82) is 0 Å². The fourth-order valence-corrected chi connectivity index (χ4v) is 1.93. The summed E-state index contributed by atoms with van der Waals surface area (Å²) in [5.74, 6) is -1.35. The van der Waals surface area contributed by atoms with Crippen molar-refractivity contribution in [2.45, 2.75) is 6.92 Å². The molecule has 0 bridgehead atoms. The van der Waals surface area contributed by atoms with Crippen LogP contribution in [0.3, 0.4) is 0 Å². The first-order valence-corrected chi connectivity index (χ1v) is 7.04. The lowest BCUT2D eigenvalue weighted by Gasteiger charge is -2.09. The molecule has 0 unspecified atom stereocenters. The lowest BCUT2D eigenvalue weighted by atomic mass is 10.1. The second-order valence-corrected chi connectivity index (χ2v) is 4.87. The quantitative estimate of drug-likeness (QED) is 0.654. The minimum Gasteiger partial charge on any atom is -0.399 e. The number of halogens is 1. The van der Waals surface area contributed by atoms with Crippen LogP contribution in [0.25, 0.3) is 0 Å². The van der Waals surface area contributed by atoms with Gasteiger partial charge >= 0.3 is 0 Å². The standard InChI is InChI=1S/C17H16FN3O3/c1-11(22)20-14-7-8-15(18)16(9-14)21-17(23)13-5-3-12(4-6-13)10-19-24-2/h3-10H,1-2H3,(H,20,22)(H,21,23)/b19-10+. The zero-order valence-electron chi connectivity index (χ0n) is 13.2. The fraction of sp³-hybridized carbons (Fsp3) is 0.118. The molecule has 24 heavy (non-hydrogen) atoms. The second-order valence-electron chi connectivity index (χ2n) is 4.87. The molecule has 2 aromatic rings. The SMILES string of the molecule is CO/N=C/c1ccc(C(=O)Nc2cc(NC(C)=O)ccc2F)cc1. The lowest BCUT2D eigenvalue weighted by Crippen LogP contribution is -2.14. The molecule has 2 N–H and O–H groups in total. The molecule has 0 aliphatic heterocycles. The van der Waals surface area contributed by atoms with Gasteiger partial charge in [-0.05, 0) is 35.9 Å². The molecule has 2 aromatic carbocycles. The monoisotopic (exact) mass is 329 g/mol. The maximum Gasteiger partial charge on any atom is 0.255 e. The summed E-state index contributed by atoms with van der Waals surface area (Å²) in [6.45, 7) is 1.34. The number of amides is 2. The highest BCUT2D eigenvalue weighted by Gasteiger charge is 2.10. The molecule has 0 radical (unpaired) electrons. The van der Waals surface area contributed by atoms with E-state index in [4.69, 9.17) is 0 Å². The molecule has 0 fully saturated rings. The van der Waals surface area contributed by atoms with Crippen molar-refractivity contribution in [3.05, 3.63) is 59.4 Å². The Hall–Kier alpha value is -3.22. The Balaban J connectivity index is 2.14. The van der Waals surface area contributed by atoms with E-state index in [1.165, 1.54) is 38.4 Å². The molecule has 6 nitrogen and oxygen atoms in total. The maximum atomic E-state index is 13.8. The maximum absolute atomic E-state index is 13.8. The molecule has 0 saturated heterocycles. The minimum absolute atomic E-state index is 0.0173. The summed E-state index contributed by atoms with van der Waals surface area (Å²) in [7, 11) is 1.43. The average Bonchev–Trinajstić information content (AvgIpc) is 2.56. The van der Waals surface area contributed by atoms with Crippen LogP contribution in [-0.2, 0) is 9.63 Å². The number of carbonyl (C=O) groups is 2. The van der Waals surface area contributed by atoms with Gasteiger partial charge in [-0.25, -0.2) is 4.39 Å². The summed E-state index contributed by atoms with van der Waals surface area (Å²) in [6.07, 6.45) is 1.50. The molecular formula is C17H16FN3O3. The van der Waals surface area contributed by atoms with Crippen LogP contribution in [-0.4, -0.2) is 25.1 Å². The minimum atomic E-state index is -0.596. The number of hydrogen-bond acceptors (Lipinski definition) is 4. The number of oxime groups is 1. The highest BCUT2D eigenvalue weighted by molar-refractivity contribution is 6.05. The average molecular weight is 329 g/mol. The first-order chi connectivity index (χ1) is 11.5. The van der Waals surface area contributed by atoms with E-state index in [-0.39, 0.29) is 11.6 Å². The third-order valence-corrected chi connectivity index (χ3v) is 3.01. The number of benzene rings is 2. The molecule has 0 heterocycles. The van der Waals surface area contributed by atoms with Gasteiger partial charge in [0.05, 0.1) is 11.9 Å². The number of carbonyl (C=O) groups excluding carboxylic acids is 2. The first kappa shape index (κ1) is 17.1. The summed E-state index contributed by atoms with van der Waals surface area (Å²) in [5.41, 5.74) is 1.49. The van der Waals surface area contributed by atoms with E-state index >= 15 is 0 Å². The second kappa shape index (κ2) is 7.87. The molecule has 124 valence electrons. The van der Waals surface area contributed by atoms with Gasteiger partial charge in [-0.1, -0.05) is 17.3 Å². The van der Waals surface area contributed by atoms with E-state index in [0.29, 0.717) is 11.3 Å². The third kappa shape index (κ3) is 4.64. The van der Waals surface area contributed by atoms with E-state index in [1.807, 2.05) is 0 Å². The van der Waals surface area contributed by atoms with Gasteiger partial charge in [-0.15, -0.1) is 0 Å². The number of anilines is 2. The predicted molar refractivity (Wildman–Crippen MR) is 89.7 cm³/mol. The van der Waals surface area contributed by atoms with Crippen molar-refractivity contribution < 1.29 is 18.8 Å². The Morgan fingerprint density at radius 1 is 1.12 bits per heavy atom. The van der Waals surface area contributed by atoms with E-state index in [2.05, 4.69) is 20.6 Å². The summed E-state index contributed by atoms with van der Waals surface area (Å²) >= 11 is 0. The van der Waals surface area contributed by atoms with Gasteiger partial charge in [0.2, 0.25) is 5.91 Å². The predicted octanol–water partition coefficient (Wildman–Crippen LogP) is 3.02. The highest BCUT2D eigenvalue weighted by atomic mass is 19.1. The normalized spacial score (nSPS) is 10.5. The molecule has 0 aromatic heterocycles. The molecule has 0 spiro atoms. The van der Waals surface area contributed by atoms with Crippen LogP contribution >= 0.6 is 0 Å². The molecule has 0 aliphatic carbocycles. The molecule has 7 heteroatoms. The Kier molecular flexibility index (Phi) is 5.62. The largest absolute Gasteiger partial charge is 0.399 e. The van der Waals surface area contributed by atoms with Crippen LogP contribution in [0, 0.1) is 5.82 Å². The zero-order chi connectivity index (χ0) is 17.5. The summed E-state index contributed by atoms with van der Waals surface area (Å²) in [5, 5.41) is 8.63. The van der Waals surface area contributed by atoms with E-state index in [9.17, 15) is 14.0 Å². The summed E-state index contributed by atoms with van der Waals surface area (Å²) in [6, 6.07) is 10.5. The molecule has 2 amide bonds. The van der Waals surface area contributed by atoms with E-state index < -0.39 is 11.7 Å². The Morgan fingerprint density at radius 3 is 2.46 bits per heavy atom. The molecular weight excluding hydrogens is 313 g/mol. The number of rotatable bonds is 5. The Morgan fingerprint density at radius 2 is 1.83 bits per heavy atom. The van der Waals surface area contributed by atoms with Crippen LogP contribution in [0.5, 0.6) is 0 Å². The van der Waals surface area contributed by atoms with Crippen molar-refractivity contribution in [2.24, 2.45) is 5.16 Å². The lowest BCUT2D eigenvalue weighted by molar-refractivity contribution is -0.114. The van der Waals surface area contributed by atoms with Crippen molar-refractivity contribution in [2.75, 3.05) is 17.7 Å². The van der Waals surface area contributed by atoms with Crippen LogP contribution in [0.15, 0.2) is 47.6 Å². The number of nitrogens with zero attached hydrogens (tertiary/aromatic N) is 1. The Labute approximate surface area is 138 Å². The highest BCUT2D eigenvalue weighted by Crippen LogP contribution is 2.20. The van der Waals surface area contributed by atoms with Gasteiger partial charge in [0, 0.05) is 18.2 Å². The topological polar surface area (TPSA) is 79.8 Å². The smallest absolute Gasteiger partial charge is 0.255 e. The van der Waals surface area contributed by atoms with Gasteiger partial charge in [0.15, 0.2) is 0 Å². The van der Waals surface area contributed by atoms with Gasteiger partial charge in [-0.3, -0.25) is 9.59 Å². The first-order valence-electron chi connectivity index (χ1n) is 7.04. The van der Waals surface area contributed by atoms with Crippen molar-refractivity contribution in [3.63, 3.8) is 0 Å². The van der Waals surface area contributed by atoms with Crippen molar-refractivity contribution in [1.82, 2.24) is 0 Å². The number of nitrogens with one attached hydrogen (secondary N) is 2. The molecule has 0 aliphatic rings. The fourth-order valence-electron chi connectivity index (χ4n) is 1.93. The zero-order valence-corrected chi connectivity index (χ0v) is 13.2. The van der Waals surface area contributed by atoms with Gasteiger partial charge < -0.3 is 15.5 Å². The van der Waals surface area contributed by atoms with Gasteiger partial charge in [0.1, 0.15) is 12.9 Å². The van der Waals surface area contributed by atoms with Crippen LogP contribution < -0.4 is 10.6 Å².